The number of halogens is 1. The molecule has 0 aromatic carbocycles. The molecule has 0 bridgehead atoms. The van der Waals surface area contributed by atoms with Crippen molar-refractivity contribution in [2.24, 2.45) is 5.41 Å². The van der Waals surface area contributed by atoms with Crippen molar-refractivity contribution < 1.29 is 4.74 Å². The van der Waals surface area contributed by atoms with Crippen molar-refractivity contribution in [2.45, 2.75) is 50.2 Å². The molecule has 2 fully saturated rings. The zero-order valence-corrected chi connectivity index (χ0v) is 12.5. The fraction of sp³-hybridized carbons (Fsp3) is 1.00. The summed E-state index contributed by atoms with van der Waals surface area (Å²) in [5.41, 5.74) is 0.528. The van der Waals surface area contributed by atoms with Crippen LogP contribution < -0.4 is 0 Å². The van der Waals surface area contributed by atoms with Crippen LogP contribution in [0, 0.1) is 5.41 Å². The minimum atomic E-state index is 0.528. The largest absolute Gasteiger partial charge is 0.381 e. The van der Waals surface area contributed by atoms with Gasteiger partial charge in [0.2, 0.25) is 0 Å². The summed E-state index contributed by atoms with van der Waals surface area (Å²) >= 11 is 5.97. The van der Waals surface area contributed by atoms with Crippen molar-refractivity contribution in [3.63, 3.8) is 0 Å². The second-order valence-corrected chi connectivity index (χ2v) is 7.17. The highest BCUT2D eigenvalue weighted by molar-refractivity contribution is 9.09. The number of rotatable bonds is 4. The van der Waals surface area contributed by atoms with E-state index in [2.05, 4.69) is 27.7 Å². The summed E-state index contributed by atoms with van der Waals surface area (Å²) in [7, 11) is 0. The molecule has 0 atom stereocenters. The van der Waals surface area contributed by atoms with Crippen LogP contribution in [0.5, 0.6) is 0 Å². The van der Waals surface area contributed by atoms with E-state index in [0.29, 0.717) is 5.41 Å². The molecule has 1 aliphatic heterocycles. The molecular formula is C13H23BrOS. The number of thioether (sulfide) groups is 1. The zero-order chi connectivity index (χ0) is 11.3. The smallest absolute Gasteiger partial charge is 0.0471 e. The Bertz CT molecular complexity index is 198. The molecule has 0 N–H and O–H groups in total. The number of alkyl halides is 1. The maximum Gasteiger partial charge on any atom is 0.0471 e. The summed E-state index contributed by atoms with van der Waals surface area (Å²) in [5, 5.41) is 2.11. The van der Waals surface area contributed by atoms with E-state index in [1.54, 1.807) is 0 Å². The van der Waals surface area contributed by atoms with Gasteiger partial charge in [0.05, 0.1) is 0 Å². The first-order chi connectivity index (χ1) is 7.85. The molecule has 1 aliphatic carbocycles. The van der Waals surface area contributed by atoms with Crippen LogP contribution in [0.1, 0.15) is 44.9 Å². The number of hydrogen-bond acceptors (Lipinski definition) is 2. The molecule has 0 aromatic heterocycles. The molecule has 94 valence electrons. The second-order valence-electron chi connectivity index (χ2n) is 5.32. The molecule has 0 unspecified atom stereocenters. The molecule has 0 spiro atoms. The van der Waals surface area contributed by atoms with E-state index in [-0.39, 0.29) is 0 Å². The maximum atomic E-state index is 5.49. The van der Waals surface area contributed by atoms with Crippen molar-refractivity contribution in [3.8, 4) is 0 Å². The van der Waals surface area contributed by atoms with Gasteiger partial charge in [0.1, 0.15) is 0 Å². The van der Waals surface area contributed by atoms with Gasteiger partial charge in [-0.05, 0) is 31.1 Å². The van der Waals surface area contributed by atoms with Gasteiger partial charge in [-0.3, -0.25) is 0 Å². The average Bonchev–Trinajstić information content (AvgIpc) is 2.39. The van der Waals surface area contributed by atoms with Gasteiger partial charge in [-0.15, -0.1) is 0 Å². The maximum absolute atomic E-state index is 5.49. The van der Waals surface area contributed by atoms with E-state index in [0.717, 1.165) is 23.8 Å². The van der Waals surface area contributed by atoms with E-state index in [1.807, 2.05) is 0 Å². The molecule has 2 aliphatic rings. The monoisotopic (exact) mass is 306 g/mol. The van der Waals surface area contributed by atoms with Gasteiger partial charge in [0.25, 0.3) is 0 Å². The van der Waals surface area contributed by atoms with Crippen molar-refractivity contribution in [3.05, 3.63) is 0 Å². The summed E-state index contributed by atoms with van der Waals surface area (Å²) in [6.45, 7) is 1.94. The molecule has 16 heavy (non-hydrogen) atoms. The average molecular weight is 307 g/mol. The quantitative estimate of drug-likeness (QED) is 0.718. The van der Waals surface area contributed by atoms with Crippen molar-refractivity contribution in [1.82, 2.24) is 0 Å². The highest BCUT2D eigenvalue weighted by Gasteiger charge is 2.32. The zero-order valence-electron chi connectivity index (χ0n) is 10.0. The Morgan fingerprint density at radius 2 is 1.81 bits per heavy atom. The van der Waals surface area contributed by atoms with Crippen LogP contribution in [-0.4, -0.2) is 29.5 Å². The highest BCUT2D eigenvalue weighted by atomic mass is 79.9. The van der Waals surface area contributed by atoms with E-state index in [1.165, 1.54) is 50.7 Å². The van der Waals surface area contributed by atoms with Crippen LogP contribution >= 0.6 is 27.7 Å². The van der Waals surface area contributed by atoms with Gasteiger partial charge < -0.3 is 4.74 Å². The minimum absolute atomic E-state index is 0.528. The fourth-order valence-corrected chi connectivity index (χ4v) is 5.32. The first-order valence-electron chi connectivity index (χ1n) is 6.60. The van der Waals surface area contributed by atoms with Gasteiger partial charge in [-0.1, -0.05) is 35.2 Å². The molecule has 2 rings (SSSR count). The normalized spacial score (nSPS) is 26.8. The lowest BCUT2D eigenvalue weighted by Crippen LogP contribution is -2.34. The summed E-state index contributed by atoms with van der Waals surface area (Å²) < 4.78 is 5.49. The molecule has 1 heterocycles. The summed E-state index contributed by atoms with van der Waals surface area (Å²) in [5.74, 6) is 1.34. The van der Waals surface area contributed by atoms with Gasteiger partial charge >= 0.3 is 0 Å². The molecule has 1 saturated carbocycles. The lowest BCUT2D eigenvalue weighted by molar-refractivity contribution is 0.0374. The van der Waals surface area contributed by atoms with Gasteiger partial charge in [0.15, 0.2) is 0 Å². The van der Waals surface area contributed by atoms with Crippen molar-refractivity contribution >= 4 is 27.7 Å². The number of hydrogen-bond donors (Lipinski definition) is 0. The molecule has 1 nitrogen and oxygen atoms in total. The highest BCUT2D eigenvalue weighted by Crippen LogP contribution is 2.39. The first-order valence-corrected chi connectivity index (χ1v) is 8.77. The Morgan fingerprint density at radius 1 is 1.12 bits per heavy atom. The van der Waals surface area contributed by atoms with Gasteiger partial charge in [-0.25, -0.2) is 0 Å². The fourth-order valence-electron chi connectivity index (χ4n) is 2.65. The molecule has 3 heteroatoms. The lowest BCUT2D eigenvalue weighted by Gasteiger charge is -2.36. The minimum Gasteiger partial charge on any atom is -0.381 e. The summed E-state index contributed by atoms with van der Waals surface area (Å²) in [6, 6.07) is 0. The topological polar surface area (TPSA) is 9.23 Å². The standard InChI is InChI=1S/C13H23BrOS/c14-10-13(6-8-15-9-7-13)11-16-12-4-2-1-3-5-12/h12H,1-11H2. The van der Waals surface area contributed by atoms with E-state index < -0.39 is 0 Å². The number of ether oxygens (including phenoxy) is 1. The Morgan fingerprint density at radius 3 is 2.44 bits per heavy atom. The predicted molar refractivity (Wildman–Crippen MR) is 75.6 cm³/mol. The van der Waals surface area contributed by atoms with Crippen LogP contribution in [0.4, 0.5) is 0 Å². The molecule has 0 aromatic rings. The van der Waals surface area contributed by atoms with Crippen LogP contribution in [0.3, 0.4) is 0 Å². The van der Waals surface area contributed by atoms with E-state index in [4.69, 9.17) is 4.74 Å². The van der Waals surface area contributed by atoms with Crippen molar-refractivity contribution in [1.29, 1.82) is 0 Å². The second kappa shape index (κ2) is 6.65. The summed E-state index contributed by atoms with van der Waals surface area (Å²) in [6.07, 6.45) is 9.80. The van der Waals surface area contributed by atoms with E-state index >= 15 is 0 Å². The van der Waals surface area contributed by atoms with E-state index in [9.17, 15) is 0 Å². The molecular weight excluding hydrogens is 284 g/mol. The molecule has 1 saturated heterocycles. The van der Waals surface area contributed by atoms with Crippen molar-refractivity contribution in [2.75, 3.05) is 24.3 Å². The van der Waals surface area contributed by atoms with Crippen LogP contribution in [0.2, 0.25) is 0 Å². The molecule has 0 radical (unpaired) electrons. The summed E-state index contributed by atoms with van der Waals surface area (Å²) in [4.78, 5) is 0. The van der Waals surface area contributed by atoms with Crippen LogP contribution in [-0.2, 0) is 4.74 Å². The van der Waals surface area contributed by atoms with Crippen LogP contribution in [0.25, 0.3) is 0 Å². The molecule has 0 amide bonds. The Kier molecular flexibility index (Phi) is 5.50. The SMILES string of the molecule is BrCC1(CSC2CCCCC2)CCOCC1. The lowest BCUT2D eigenvalue weighted by atomic mass is 9.84. The third-order valence-corrected chi connectivity index (χ3v) is 6.93. The Balaban J connectivity index is 1.77. The first kappa shape index (κ1) is 13.2. The Labute approximate surface area is 112 Å². The predicted octanol–water partition coefficient (Wildman–Crippen LogP) is 4.24. The Hall–Kier alpha value is 0.790. The third kappa shape index (κ3) is 3.64. The van der Waals surface area contributed by atoms with Crippen LogP contribution in [0.15, 0.2) is 0 Å². The van der Waals surface area contributed by atoms with Gasteiger partial charge in [-0.2, -0.15) is 11.8 Å². The van der Waals surface area contributed by atoms with Gasteiger partial charge in [0, 0.05) is 29.5 Å². The third-order valence-electron chi connectivity index (χ3n) is 4.01.